The predicted octanol–water partition coefficient (Wildman–Crippen LogP) is 11.3. The molecule has 46 heavy (non-hydrogen) atoms. The summed E-state index contributed by atoms with van der Waals surface area (Å²) in [5.41, 5.74) is 2.25. The number of rotatable bonds is 6. The molecule has 4 aromatic rings. The third-order valence-electron chi connectivity index (χ3n) is 9.07. The summed E-state index contributed by atoms with van der Waals surface area (Å²) < 4.78 is 78.6. The highest BCUT2D eigenvalue weighted by Crippen LogP contribution is 2.52. The zero-order valence-electron chi connectivity index (χ0n) is 25.4. The predicted molar refractivity (Wildman–Crippen MR) is 170 cm³/mol. The average molecular weight is 699 g/mol. The quantitative estimate of drug-likeness (QED) is 0.149. The highest BCUT2D eigenvalue weighted by Gasteiger charge is 2.41. The second-order valence-electron chi connectivity index (χ2n) is 13.1. The maximum absolute atomic E-state index is 17.1. The Balaban J connectivity index is 1.58. The summed E-state index contributed by atoms with van der Waals surface area (Å²) in [6.07, 6.45) is -2.75. The first kappa shape index (κ1) is 32.4. The molecule has 1 saturated carbocycles. The molecule has 0 radical (unpaired) electrons. The van der Waals surface area contributed by atoms with Crippen LogP contribution in [0.25, 0.3) is 11.1 Å². The van der Waals surface area contributed by atoms with Crippen molar-refractivity contribution in [2.45, 2.75) is 76.7 Å². The molecular weight excluding hydrogens is 665 g/mol. The summed E-state index contributed by atoms with van der Waals surface area (Å²) in [6, 6.07) is 16.6. The van der Waals surface area contributed by atoms with Gasteiger partial charge in [0.05, 0.1) is 16.8 Å². The van der Waals surface area contributed by atoms with Crippen molar-refractivity contribution in [3.8, 4) is 11.1 Å². The molecule has 0 spiro atoms. The van der Waals surface area contributed by atoms with Gasteiger partial charge in [0.15, 0.2) is 6.17 Å². The molecule has 240 valence electrons. The molecule has 3 aromatic carbocycles. The van der Waals surface area contributed by atoms with Crippen LogP contribution < -0.4 is 0 Å². The van der Waals surface area contributed by atoms with Gasteiger partial charge < -0.3 is 4.74 Å². The lowest BCUT2D eigenvalue weighted by atomic mass is 9.71. The summed E-state index contributed by atoms with van der Waals surface area (Å²) >= 11 is 3.38. The molecule has 9 heteroatoms. The molecule has 2 atom stereocenters. The van der Waals surface area contributed by atoms with Gasteiger partial charge in [-0.1, -0.05) is 66.9 Å². The third-order valence-corrected chi connectivity index (χ3v) is 9.60. The Morgan fingerprint density at radius 3 is 2.20 bits per heavy atom. The molecular formula is C37H33BrF5NO2. The van der Waals surface area contributed by atoms with Crippen LogP contribution in [0.3, 0.4) is 0 Å². The molecule has 2 aliphatic carbocycles. The minimum Gasteiger partial charge on any atom is -0.454 e. The van der Waals surface area contributed by atoms with Gasteiger partial charge in [0.2, 0.25) is 0 Å². The fourth-order valence-electron chi connectivity index (χ4n) is 6.88. The van der Waals surface area contributed by atoms with Crippen molar-refractivity contribution < 1.29 is 31.5 Å². The zero-order chi connectivity index (χ0) is 32.8. The molecule has 1 fully saturated rings. The molecule has 3 nitrogen and oxygen atoms in total. The Morgan fingerprint density at radius 1 is 0.957 bits per heavy atom. The Kier molecular flexibility index (Phi) is 8.83. The van der Waals surface area contributed by atoms with Crippen LogP contribution in [-0.2, 0) is 17.3 Å². The lowest BCUT2D eigenvalue weighted by Crippen LogP contribution is -2.31. The van der Waals surface area contributed by atoms with E-state index in [4.69, 9.17) is 9.72 Å². The van der Waals surface area contributed by atoms with Crippen molar-refractivity contribution in [3.63, 3.8) is 0 Å². The number of ether oxygens (including phenoxy) is 1. The Morgan fingerprint density at radius 2 is 1.59 bits per heavy atom. The van der Waals surface area contributed by atoms with E-state index in [0.29, 0.717) is 46.5 Å². The minimum atomic E-state index is -4.56. The Hall–Kier alpha value is -3.59. The van der Waals surface area contributed by atoms with Crippen LogP contribution in [0.15, 0.2) is 77.3 Å². The number of alkyl halides is 4. The number of halogens is 6. The number of hydrogen-bond acceptors (Lipinski definition) is 3. The molecule has 0 bridgehead atoms. The largest absolute Gasteiger partial charge is 0.454 e. The second kappa shape index (κ2) is 12.5. The van der Waals surface area contributed by atoms with Gasteiger partial charge in [-0.3, -0.25) is 4.98 Å². The van der Waals surface area contributed by atoms with E-state index >= 15 is 4.39 Å². The number of pyridine rings is 1. The maximum Gasteiger partial charge on any atom is 0.416 e. The van der Waals surface area contributed by atoms with Crippen LogP contribution in [0.2, 0.25) is 0 Å². The number of fused-ring (bicyclic) bond motifs is 1. The SMILES string of the molecule is CC1(C)Cc2nc(C3CCCC3)c(C(F)c3ccc(C(F)(F)F)cc3)c(-c3ccc(F)cc3)c2C(OC(=O)c2ccc(Br)cc2)C1. The molecule has 1 aromatic heterocycles. The summed E-state index contributed by atoms with van der Waals surface area (Å²) in [5.74, 6) is -1.07. The topological polar surface area (TPSA) is 39.2 Å². The molecule has 0 amide bonds. The van der Waals surface area contributed by atoms with Gasteiger partial charge in [0.1, 0.15) is 11.9 Å². The molecule has 0 aliphatic heterocycles. The average Bonchev–Trinajstić information content (AvgIpc) is 3.55. The smallest absolute Gasteiger partial charge is 0.416 e. The lowest BCUT2D eigenvalue weighted by Gasteiger charge is -2.39. The summed E-state index contributed by atoms with van der Waals surface area (Å²) in [4.78, 5) is 18.6. The molecule has 2 aliphatic rings. The maximum atomic E-state index is 17.1. The number of nitrogens with zero attached hydrogens (tertiary/aromatic N) is 1. The van der Waals surface area contributed by atoms with Crippen LogP contribution >= 0.6 is 15.9 Å². The van der Waals surface area contributed by atoms with Crippen molar-refractivity contribution in [2.75, 3.05) is 0 Å². The molecule has 6 rings (SSSR count). The van der Waals surface area contributed by atoms with Gasteiger partial charge in [0, 0.05) is 27.2 Å². The molecule has 0 saturated heterocycles. The van der Waals surface area contributed by atoms with Crippen molar-refractivity contribution in [2.24, 2.45) is 5.41 Å². The lowest BCUT2D eigenvalue weighted by molar-refractivity contribution is -0.137. The van der Waals surface area contributed by atoms with E-state index in [2.05, 4.69) is 29.8 Å². The van der Waals surface area contributed by atoms with Gasteiger partial charge in [0.25, 0.3) is 0 Å². The minimum absolute atomic E-state index is 0.0527. The second-order valence-corrected chi connectivity index (χ2v) is 14.0. The first-order valence-electron chi connectivity index (χ1n) is 15.4. The zero-order valence-corrected chi connectivity index (χ0v) is 27.0. The highest BCUT2D eigenvalue weighted by molar-refractivity contribution is 9.10. The first-order valence-corrected chi connectivity index (χ1v) is 16.2. The van der Waals surface area contributed by atoms with Gasteiger partial charge in [-0.2, -0.15) is 13.2 Å². The normalized spacial score (nSPS) is 18.7. The van der Waals surface area contributed by atoms with Crippen molar-refractivity contribution in [3.05, 3.63) is 122 Å². The first-order chi connectivity index (χ1) is 21.8. The van der Waals surface area contributed by atoms with Crippen LogP contribution in [-0.4, -0.2) is 11.0 Å². The Bertz CT molecular complexity index is 1730. The van der Waals surface area contributed by atoms with E-state index in [1.165, 1.54) is 12.1 Å². The van der Waals surface area contributed by atoms with Crippen molar-refractivity contribution in [1.29, 1.82) is 0 Å². The number of aromatic nitrogens is 1. The number of esters is 1. The van der Waals surface area contributed by atoms with Gasteiger partial charge >= 0.3 is 12.1 Å². The van der Waals surface area contributed by atoms with E-state index in [9.17, 15) is 22.4 Å². The standard InChI is InChI=1S/C37H33BrF5NO2/c1-36(2)19-28-31(29(20-36)46-35(45)24-9-15-26(38)16-10-24)30(21-11-17-27(39)18-12-21)32(34(44-28)23-5-3-4-6-23)33(40)22-7-13-25(14-8-22)37(41,42)43/h7-18,23,29,33H,3-6,19-20H2,1-2H3. The van der Waals surface area contributed by atoms with E-state index < -0.39 is 35.8 Å². The van der Waals surface area contributed by atoms with Crippen molar-refractivity contribution in [1.82, 2.24) is 4.98 Å². The van der Waals surface area contributed by atoms with Crippen LogP contribution in [0.1, 0.15) is 108 Å². The number of benzene rings is 3. The molecule has 1 heterocycles. The summed E-state index contributed by atoms with van der Waals surface area (Å²) in [6.45, 7) is 4.14. The van der Waals surface area contributed by atoms with E-state index in [-0.39, 0.29) is 22.5 Å². The summed E-state index contributed by atoms with van der Waals surface area (Å²) in [7, 11) is 0. The Labute approximate surface area is 273 Å². The van der Waals surface area contributed by atoms with Gasteiger partial charge in [-0.05, 0) is 96.3 Å². The fourth-order valence-corrected chi connectivity index (χ4v) is 7.14. The van der Waals surface area contributed by atoms with E-state index in [1.807, 2.05) is 0 Å². The monoisotopic (exact) mass is 697 g/mol. The fraction of sp³-hybridized carbons (Fsp3) is 0.351. The summed E-state index contributed by atoms with van der Waals surface area (Å²) in [5, 5.41) is 0. The van der Waals surface area contributed by atoms with Gasteiger partial charge in [-0.25, -0.2) is 13.6 Å². The van der Waals surface area contributed by atoms with Crippen LogP contribution in [0, 0.1) is 11.2 Å². The van der Waals surface area contributed by atoms with E-state index in [0.717, 1.165) is 54.4 Å². The third kappa shape index (κ3) is 6.61. The molecule has 0 N–H and O–H groups in total. The number of carbonyl (C=O) groups is 1. The van der Waals surface area contributed by atoms with Crippen molar-refractivity contribution >= 4 is 21.9 Å². The highest BCUT2D eigenvalue weighted by atomic mass is 79.9. The molecule has 2 unspecified atom stereocenters. The van der Waals surface area contributed by atoms with Crippen LogP contribution in [0.5, 0.6) is 0 Å². The van der Waals surface area contributed by atoms with E-state index in [1.54, 1.807) is 36.4 Å². The number of hydrogen-bond donors (Lipinski definition) is 0. The number of carbonyl (C=O) groups excluding carboxylic acids is 1. The van der Waals surface area contributed by atoms with Crippen LogP contribution in [0.4, 0.5) is 22.0 Å². The van der Waals surface area contributed by atoms with Gasteiger partial charge in [-0.15, -0.1) is 0 Å².